The van der Waals surface area contributed by atoms with Gasteiger partial charge in [-0.2, -0.15) is 0 Å². The van der Waals surface area contributed by atoms with Crippen LogP contribution in [0.25, 0.3) is 10.9 Å². The van der Waals surface area contributed by atoms with Crippen LogP contribution in [0.3, 0.4) is 0 Å². The van der Waals surface area contributed by atoms with Crippen molar-refractivity contribution in [2.75, 3.05) is 19.1 Å². The molecule has 7 heteroatoms. The highest BCUT2D eigenvalue weighted by atomic mass is 16.7. The fourth-order valence-corrected chi connectivity index (χ4v) is 2.55. The Morgan fingerprint density at radius 3 is 2.86 bits per heavy atom. The number of pyridine rings is 1. The SMILES string of the molecule is CCOC(=O)c1cn(CC)c2cc3c(c(N)c2c1=O)OCO3. The Morgan fingerprint density at radius 1 is 1.41 bits per heavy atom. The van der Waals surface area contributed by atoms with Crippen molar-refractivity contribution in [3.8, 4) is 11.5 Å². The van der Waals surface area contributed by atoms with Gasteiger partial charge in [0.2, 0.25) is 12.2 Å². The summed E-state index contributed by atoms with van der Waals surface area (Å²) in [6.07, 6.45) is 1.49. The molecule has 0 amide bonds. The van der Waals surface area contributed by atoms with E-state index in [1.807, 2.05) is 6.92 Å². The van der Waals surface area contributed by atoms with Crippen LogP contribution in [0.2, 0.25) is 0 Å². The predicted octanol–water partition coefficient (Wildman–Crippen LogP) is 1.51. The van der Waals surface area contributed by atoms with Gasteiger partial charge >= 0.3 is 5.97 Å². The second kappa shape index (κ2) is 5.25. The van der Waals surface area contributed by atoms with E-state index in [1.54, 1.807) is 17.6 Å². The number of carbonyl (C=O) groups excluding carboxylic acids is 1. The van der Waals surface area contributed by atoms with Gasteiger partial charge in [-0.1, -0.05) is 0 Å². The summed E-state index contributed by atoms with van der Waals surface area (Å²) in [6, 6.07) is 1.70. The first-order chi connectivity index (χ1) is 10.6. The molecular weight excluding hydrogens is 288 g/mol. The largest absolute Gasteiger partial charge is 0.462 e. The number of aryl methyl sites for hydroxylation is 1. The summed E-state index contributed by atoms with van der Waals surface area (Å²) in [4.78, 5) is 24.6. The van der Waals surface area contributed by atoms with Gasteiger partial charge in [0, 0.05) is 18.8 Å². The molecule has 0 atom stereocenters. The average Bonchev–Trinajstić information content (AvgIpc) is 2.96. The highest BCUT2D eigenvalue weighted by Crippen LogP contribution is 2.41. The smallest absolute Gasteiger partial charge is 0.343 e. The summed E-state index contributed by atoms with van der Waals surface area (Å²) in [5.41, 5.74) is 6.35. The number of anilines is 1. The molecule has 0 saturated carbocycles. The molecule has 2 N–H and O–H groups in total. The van der Waals surface area contributed by atoms with E-state index in [2.05, 4.69) is 0 Å². The molecule has 0 radical (unpaired) electrons. The van der Waals surface area contributed by atoms with Crippen LogP contribution in [0.5, 0.6) is 11.5 Å². The van der Waals surface area contributed by atoms with E-state index in [1.165, 1.54) is 6.20 Å². The summed E-state index contributed by atoms with van der Waals surface area (Å²) in [5.74, 6) is 0.178. The molecule has 1 aromatic heterocycles. The minimum atomic E-state index is -0.659. The van der Waals surface area contributed by atoms with Crippen LogP contribution in [0.4, 0.5) is 5.69 Å². The standard InChI is InChI=1S/C15H16N2O5/c1-3-17-6-8(15(19)20-4-2)13(18)11-9(17)5-10-14(12(11)16)22-7-21-10/h5-6H,3-4,7,16H2,1-2H3. The zero-order valence-corrected chi connectivity index (χ0v) is 12.3. The Labute approximate surface area is 126 Å². The third-order valence-electron chi connectivity index (χ3n) is 3.58. The minimum absolute atomic E-state index is 0.0400. The van der Waals surface area contributed by atoms with Gasteiger partial charge in [-0.05, 0) is 13.8 Å². The van der Waals surface area contributed by atoms with Gasteiger partial charge in [-0.25, -0.2) is 4.79 Å². The first kappa shape index (κ1) is 14.2. The Kier molecular flexibility index (Phi) is 3.40. The van der Waals surface area contributed by atoms with Gasteiger partial charge in [0.25, 0.3) is 0 Å². The molecule has 2 heterocycles. The topological polar surface area (TPSA) is 92.8 Å². The highest BCUT2D eigenvalue weighted by molar-refractivity contribution is 6.00. The number of benzene rings is 1. The second-order valence-corrected chi connectivity index (χ2v) is 4.80. The molecule has 0 bridgehead atoms. The van der Waals surface area contributed by atoms with E-state index in [0.717, 1.165) is 0 Å². The molecule has 0 fully saturated rings. The van der Waals surface area contributed by atoms with Crippen molar-refractivity contribution < 1.29 is 19.0 Å². The molecule has 116 valence electrons. The lowest BCUT2D eigenvalue weighted by atomic mass is 10.1. The summed E-state index contributed by atoms with van der Waals surface area (Å²) in [7, 11) is 0. The number of fused-ring (bicyclic) bond motifs is 2. The summed E-state index contributed by atoms with van der Waals surface area (Å²) < 4.78 is 17.3. The van der Waals surface area contributed by atoms with E-state index in [-0.39, 0.29) is 30.0 Å². The lowest BCUT2D eigenvalue weighted by Gasteiger charge is -2.13. The number of ether oxygens (including phenoxy) is 3. The van der Waals surface area contributed by atoms with Gasteiger partial charge in [0.1, 0.15) is 5.56 Å². The van der Waals surface area contributed by atoms with Crippen LogP contribution in [-0.4, -0.2) is 23.9 Å². The molecule has 0 saturated heterocycles. The molecule has 0 unspecified atom stereocenters. The van der Waals surface area contributed by atoms with Gasteiger partial charge in [-0.15, -0.1) is 0 Å². The van der Waals surface area contributed by atoms with Crippen LogP contribution in [0.15, 0.2) is 17.1 Å². The third-order valence-corrected chi connectivity index (χ3v) is 3.58. The molecule has 1 aliphatic rings. The molecular formula is C15H16N2O5. The van der Waals surface area contributed by atoms with Gasteiger partial charge < -0.3 is 24.5 Å². The molecule has 22 heavy (non-hydrogen) atoms. The maximum atomic E-state index is 12.6. The number of nitrogens with two attached hydrogens (primary N) is 1. The van der Waals surface area contributed by atoms with Crippen molar-refractivity contribution in [3.05, 3.63) is 28.0 Å². The number of carbonyl (C=O) groups is 1. The van der Waals surface area contributed by atoms with Crippen LogP contribution >= 0.6 is 0 Å². The maximum absolute atomic E-state index is 12.6. The number of hydrogen-bond acceptors (Lipinski definition) is 6. The van der Waals surface area contributed by atoms with Gasteiger partial charge in [0.15, 0.2) is 11.5 Å². The van der Waals surface area contributed by atoms with Crippen molar-refractivity contribution in [1.29, 1.82) is 0 Å². The third kappa shape index (κ3) is 1.97. The lowest BCUT2D eigenvalue weighted by Crippen LogP contribution is -2.21. The van der Waals surface area contributed by atoms with Crippen LogP contribution in [0.1, 0.15) is 24.2 Å². The van der Waals surface area contributed by atoms with Crippen molar-refractivity contribution in [1.82, 2.24) is 4.57 Å². The number of nitrogen functional groups attached to an aromatic ring is 1. The fourth-order valence-electron chi connectivity index (χ4n) is 2.55. The van der Waals surface area contributed by atoms with Crippen LogP contribution in [-0.2, 0) is 11.3 Å². The van der Waals surface area contributed by atoms with Crippen molar-refractivity contribution in [2.24, 2.45) is 0 Å². The Hall–Kier alpha value is -2.70. The van der Waals surface area contributed by atoms with E-state index < -0.39 is 11.4 Å². The lowest BCUT2D eigenvalue weighted by molar-refractivity contribution is 0.0524. The zero-order chi connectivity index (χ0) is 15.9. The Morgan fingerprint density at radius 2 is 2.18 bits per heavy atom. The van der Waals surface area contributed by atoms with Gasteiger partial charge in [-0.3, -0.25) is 4.79 Å². The number of aromatic nitrogens is 1. The van der Waals surface area contributed by atoms with Crippen molar-refractivity contribution in [2.45, 2.75) is 20.4 Å². The number of hydrogen-bond donors (Lipinski definition) is 1. The number of rotatable bonds is 3. The van der Waals surface area contributed by atoms with E-state index in [9.17, 15) is 9.59 Å². The summed E-state index contributed by atoms with van der Waals surface area (Å²) >= 11 is 0. The normalized spacial score (nSPS) is 12.6. The molecule has 1 aromatic carbocycles. The summed E-state index contributed by atoms with van der Waals surface area (Å²) in [5, 5.41) is 0.247. The monoisotopic (exact) mass is 304 g/mol. The molecule has 2 aromatic rings. The average molecular weight is 304 g/mol. The minimum Gasteiger partial charge on any atom is -0.462 e. The number of esters is 1. The molecule has 0 aliphatic carbocycles. The van der Waals surface area contributed by atoms with Crippen LogP contribution < -0.4 is 20.6 Å². The van der Waals surface area contributed by atoms with Gasteiger partial charge in [0.05, 0.1) is 23.2 Å². The molecule has 3 rings (SSSR count). The fraction of sp³-hybridized carbons (Fsp3) is 0.333. The molecule has 1 aliphatic heterocycles. The number of nitrogens with zero attached hydrogens (tertiary/aromatic N) is 1. The Bertz CT molecular complexity index is 825. The Balaban J connectivity index is 2.37. The van der Waals surface area contributed by atoms with E-state index >= 15 is 0 Å². The van der Waals surface area contributed by atoms with Crippen LogP contribution in [0, 0.1) is 0 Å². The predicted molar refractivity (Wildman–Crippen MR) is 80.4 cm³/mol. The first-order valence-electron chi connectivity index (χ1n) is 7.00. The maximum Gasteiger partial charge on any atom is 0.343 e. The molecule has 0 spiro atoms. The second-order valence-electron chi connectivity index (χ2n) is 4.80. The summed E-state index contributed by atoms with van der Waals surface area (Å²) in [6.45, 7) is 4.39. The first-order valence-corrected chi connectivity index (χ1v) is 7.00. The molecule has 7 nitrogen and oxygen atoms in total. The zero-order valence-electron chi connectivity index (χ0n) is 12.3. The quantitative estimate of drug-likeness (QED) is 0.682. The van der Waals surface area contributed by atoms with E-state index in [0.29, 0.717) is 23.6 Å². The van der Waals surface area contributed by atoms with Crippen molar-refractivity contribution >= 4 is 22.6 Å². The van der Waals surface area contributed by atoms with Crippen molar-refractivity contribution in [3.63, 3.8) is 0 Å². The highest BCUT2D eigenvalue weighted by Gasteiger charge is 2.25. The van der Waals surface area contributed by atoms with E-state index in [4.69, 9.17) is 19.9 Å².